The van der Waals surface area contributed by atoms with Crippen molar-refractivity contribution in [3.05, 3.63) is 29.3 Å². The van der Waals surface area contributed by atoms with Gasteiger partial charge in [0.25, 0.3) is 0 Å². The highest BCUT2D eigenvalue weighted by atomic mass is 16.1. The Morgan fingerprint density at radius 3 is 2.82 bits per heavy atom. The molecule has 1 aromatic carbocycles. The van der Waals surface area contributed by atoms with Crippen molar-refractivity contribution in [2.24, 2.45) is 0 Å². The van der Waals surface area contributed by atoms with Gasteiger partial charge in [0, 0.05) is 44.0 Å². The van der Waals surface area contributed by atoms with Gasteiger partial charge in [0.05, 0.1) is 6.04 Å². The van der Waals surface area contributed by atoms with Gasteiger partial charge in [-0.05, 0) is 43.7 Å². The zero-order valence-corrected chi connectivity index (χ0v) is 13.6. The number of Topliss-reactive ketones (excluding diaryl/α,β-unsaturated/α-hetero) is 1. The molecule has 2 heterocycles. The fraction of sp³-hybridized carbons (Fsp3) is 0.588. The number of nitrogens with zero attached hydrogens (tertiary/aromatic N) is 2. The second-order valence-electron chi connectivity index (χ2n) is 6.29. The molecule has 5 heteroatoms. The molecule has 1 saturated heterocycles. The van der Waals surface area contributed by atoms with Crippen LogP contribution in [0.1, 0.15) is 29.3 Å². The van der Waals surface area contributed by atoms with Crippen LogP contribution in [0.4, 0.5) is 5.69 Å². The maximum absolute atomic E-state index is 12.8. The number of nitrogens with one attached hydrogen (secondary N) is 2. The molecule has 0 amide bonds. The maximum atomic E-state index is 12.8. The molecule has 3 rings (SSSR count). The Morgan fingerprint density at radius 1 is 1.32 bits per heavy atom. The van der Waals surface area contributed by atoms with Crippen LogP contribution in [0.5, 0.6) is 0 Å². The number of ketones is 1. The fourth-order valence-corrected chi connectivity index (χ4v) is 3.15. The minimum Gasteiger partial charge on any atom is -0.384 e. The third-order valence-electron chi connectivity index (χ3n) is 4.67. The van der Waals surface area contributed by atoms with Gasteiger partial charge in [0.1, 0.15) is 0 Å². The summed E-state index contributed by atoms with van der Waals surface area (Å²) in [4.78, 5) is 15.1. The number of likely N-dealkylation sites (N-methyl/N-ethyl adjacent to an activating group) is 1. The number of piperazine rings is 1. The number of carbonyl (C=O) groups excluding carboxylic acids is 1. The Labute approximate surface area is 132 Å². The number of benzene rings is 1. The molecule has 2 aliphatic heterocycles. The second-order valence-corrected chi connectivity index (χ2v) is 6.29. The number of carbonyl (C=O) groups is 1. The van der Waals surface area contributed by atoms with E-state index in [0.717, 1.165) is 51.1 Å². The third-order valence-corrected chi connectivity index (χ3v) is 4.67. The molecule has 22 heavy (non-hydrogen) atoms. The highest BCUT2D eigenvalue weighted by molar-refractivity contribution is 6.00. The molecule has 0 saturated carbocycles. The first-order valence-corrected chi connectivity index (χ1v) is 8.28. The van der Waals surface area contributed by atoms with Crippen molar-refractivity contribution >= 4 is 11.5 Å². The number of hydrazine groups is 1. The molecule has 5 nitrogen and oxygen atoms in total. The zero-order chi connectivity index (χ0) is 15.5. The average Bonchev–Trinajstić information content (AvgIpc) is 3.01. The molecule has 1 aromatic rings. The van der Waals surface area contributed by atoms with E-state index in [1.165, 1.54) is 11.3 Å². The fourth-order valence-electron chi connectivity index (χ4n) is 3.15. The lowest BCUT2D eigenvalue weighted by molar-refractivity contribution is 0.0687. The van der Waals surface area contributed by atoms with Crippen molar-refractivity contribution < 1.29 is 4.79 Å². The average molecular weight is 302 g/mol. The summed E-state index contributed by atoms with van der Waals surface area (Å²) in [6.07, 6.45) is 1.82. The monoisotopic (exact) mass is 302 g/mol. The summed E-state index contributed by atoms with van der Waals surface area (Å²) in [7, 11) is 2.14. The zero-order valence-electron chi connectivity index (χ0n) is 13.6. The molecule has 0 bridgehead atoms. The Bertz CT molecular complexity index is 537. The van der Waals surface area contributed by atoms with Crippen molar-refractivity contribution in [3.8, 4) is 0 Å². The Balaban J connectivity index is 1.66. The third kappa shape index (κ3) is 3.32. The van der Waals surface area contributed by atoms with Crippen LogP contribution in [0, 0.1) is 0 Å². The maximum Gasteiger partial charge on any atom is 0.181 e. The molecule has 0 aromatic heterocycles. The summed E-state index contributed by atoms with van der Waals surface area (Å²) in [6, 6.07) is 5.92. The minimum absolute atomic E-state index is 0.129. The highest BCUT2D eigenvalue weighted by Crippen LogP contribution is 2.23. The number of fused-ring (bicyclic) bond motifs is 1. The molecule has 0 spiro atoms. The van der Waals surface area contributed by atoms with Crippen molar-refractivity contribution in [3.63, 3.8) is 0 Å². The largest absolute Gasteiger partial charge is 0.384 e. The van der Waals surface area contributed by atoms with Gasteiger partial charge in [0.2, 0.25) is 0 Å². The Kier molecular flexibility index (Phi) is 4.76. The topological polar surface area (TPSA) is 47.6 Å². The van der Waals surface area contributed by atoms with Gasteiger partial charge in [-0.15, -0.1) is 0 Å². The lowest BCUT2D eigenvalue weighted by atomic mass is 9.99. The van der Waals surface area contributed by atoms with E-state index in [9.17, 15) is 4.79 Å². The lowest BCUT2D eigenvalue weighted by Crippen LogP contribution is -2.55. The van der Waals surface area contributed by atoms with E-state index >= 15 is 0 Å². The Hall–Kier alpha value is -1.43. The Morgan fingerprint density at radius 2 is 2.09 bits per heavy atom. The van der Waals surface area contributed by atoms with Gasteiger partial charge in [0.15, 0.2) is 5.78 Å². The van der Waals surface area contributed by atoms with Crippen molar-refractivity contribution in [1.29, 1.82) is 0 Å². The number of hydrogen-bond acceptors (Lipinski definition) is 5. The molecule has 1 fully saturated rings. The predicted octanol–water partition coefficient (Wildman–Crippen LogP) is 1.37. The van der Waals surface area contributed by atoms with E-state index in [0.29, 0.717) is 0 Å². The summed E-state index contributed by atoms with van der Waals surface area (Å²) >= 11 is 0. The van der Waals surface area contributed by atoms with E-state index in [1.807, 2.05) is 12.1 Å². The predicted molar refractivity (Wildman–Crippen MR) is 89.3 cm³/mol. The van der Waals surface area contributed by atoms with Crippen LogP contribution in [-0.2, 0) is 6.42 Å². The first-order valence-electron chi connectivity index (χ1n) is 8.28. The van der Waals surface area contributed by atoms with Gasteiger partial charge >= 0.3 is 0 Å². The molecule has 1 atom stereocenters. The first kappa shape index (κ1) is 15.5. The normalized spacial score (nSPS) is 20.5. The van der Waals surface area contributed by atoms with Crippen molar-refractivity contribution in [1.82, 2.24) is 15.3 Å². The van der Waals surface area contributed by atoms with Crippen LogP contribution < -0.4 is 10.7 Å². The summed E-state index contributed by atoms with van der Waals surface area (Å²) in [5, 5.41) is 5.53. The standard InChI is InChI=1S/C17H26N4O/c1-3-15(19-21-10-8-20(2)9-11-21)17(22)14-4-5-16-13(12-14)6-7-18-16/h4-5,12,15,18-19H,3,6-11H2,1-2H3. The van der Waals surface area contributed by atoms with E-state index in [1.54, 1.807) is 0 Å². The summed E-state index contributed by atoms with van der Waals surface area (Å²) in [5.41, 5.74) is 6.70. The molecule has 1 unspecified atom stereocenters. The molecular formula is C17H26N4O. The van der Waals surface area contributed by atoms with E-state index in [-0.39, 0.29) is 11.8 Å². The van der Waals surface area contributed by atoms with Gasteiger partial charge in [-0.25, -0.2) is 10.4 Å². The van der Waals surface area contributed by atoms with E-state index in [2.05, 4.69) is 40.7 Å². The molecular weight excluding hydrogens is 276 g/mol. The quantitative estimate of drug-likeness (QED) is 0.805. The van der Waals surface area contributed by atoms with Crippen LogP contribution in [0.15, 0.2) is 18.2 Å². The van der Waals surface area contributed by atoms with Crippen LogP contribution in [0.3, 0.4) is 0 Å². The van der Waals surface area contributed by atoms with Crippen LogP contribution in [0.25, 0.3) is 0 Å². The summed E-state index contributed by atoms with van der Waals surface area (Å²) in [6.45, 7) is 7.07. The number of hydrogen-bond donors (Lipinski definition) is 2. The number of rotatable bonds is 5. The molecule has 120 valence electrons. The molecule has 2 N–H and O–H groups in total. The highest BCUT2D eigenvalue weighted by Gasteiger charge is 2.23. The second kappa shape index (κ2) is 6.77. The lowest BCUT2D eigenvalue weighted by Gasteiger charge is -2.34. The molecule has 2 aliphatic rings. The minimum atomic E-state index is -0.129. The van der Waals surface area contributed by atoms with E-state index < -0.39 is 0 Å². The van der Waals surface area contributed by atoms with E-state index in [4.69, 9.17) is 0 Å². The van der Waals surface area contributed by atoms with Gasteiger partial charge in [-0.2, -0.15) is 0 Å². The molecule has 0 radical (unpaired) electrons. The number of anilines is 1. The van der Waals surface area contributed by atoms with Crippen LogP contribution in [0.2, 0.25) is 0 Å². The van der Waals surface area contributed by atoms with Crippen molar-refractivity contribution in [2.75, 3.05) is 45.1 Å². The van der Waals surface area contributed by atoms with Crippen LogP contribution >= 0.6 is 0 Å². The smallest absolute Gasteiger partial charge is 0.181 e. The van der Waals surface area contributed by atoms with Crippen LogP contribution in [-0.4, -0.2) is 61.5 Å². The van der Waals surface area contributed by atoms with Gasteiger partial charge in [-0.3, -0.25) is 4.79 Å². The SMILES string of the molecule is CCC(NN1CCN(C)CC1)C(=O)c1ccc2c(c1)CCN2. The van der Waals surface area contributed by atoms with Gasteiger partial charge < -0.3 is 10.2 Å². The van der Waals surface area contributed by atoms with Crippen molar-refractivity contribution in [2.45, 2.75) is 25.8 Å². The summed E-state index contributed by atoms with van der Waals surface area (Å²) < 4.78 is 0. The molecule has 0 aliphatic carbocycles. The first-order chi connectivity index (χ1) is 10.7. The van der Waals surface area contributed by atoms with Gasteiger partial charge in [-0.1, -0.05) is 6.92 Å². The summed E-state index contributed by atoms with van der Waals surface area (Å²) in [5.74, 6) is 0.205.